The third-order valence-electron chi connectivity index (χ3n) is 3.29. The Hall–Kier alpha value is -0.120. The first-order chi connectivity index (χ1) is 6.67. The quantitative estimate of drug-likeness (QED) is 0.706. The van der Waals surface area contributed by atoms with Crippen molar-refractivity contribution < 1.29 is 5.11 Å². The maximum absolute atomic E-state index is 9.36. The van der Waals surface area contributed by atoms with E-state index in [9.17, 15) is 5.11 Å². The van der Waals surface area contributed by atoms with E-state index in [1.54, 1.807) is 0 Å². The fraction of sp³-hybridized carbons (Fsp3) is 1.00. The van der Waals surface area contributed by atoms with E-state index in [0.29, 0.717) is 6.04 Å². The summed E-state index contributed by atoms with van der Waals surface area (Å²) >= 11 is 0. The molecule has 1 rings (SSSR count). The van der Waals surface area contributed by atoms with Gasteiger partial charge in [-0.1, -0.05) is 13.3 Å². The van der Waals surface area contributed by atoms with E-state index in [1.165, 1.54) is 19.3 Å². The zero-order valence-electron chi connectivity index (χ0n) is 9.45. The van der Waals surface area contributed by atoms with Gasteiger partial charge >= 0.3 is 0 Å². The predicted octanol–water partition coefficient (Wildman–Crippen LogP) is 0.817. The number of aliphatic hydroxyl groups excluding tert-OH is 1. The number of aliphatic hydroxyl groups is 1. The summed E-state index contributed by atoms with van der Waals surface area (Å²) in [6, 6.07) is 0.489. The van der Waals surface area contributed by atoms with Gasteiger partial charge in [-0.25, -0.2) is 0 Å². The zero-order valence-corrected chi connectivity index (χ0v) is 9.45. The van der Waals surface area contributed by atoms with Gasteiger partial charge in [0.05, 0.1) is 6.10 Å². The number of hydrogen-bond acceptors (Lipinski definition) is 3. The van der Waals surface area contributed by atoms with Crippen LogP contribution in [0.25, 0.3) is 0 Å². The van der Waals surface area contributed by atoms with Crippen molar-refractivity contribution in [2.24, 2.45) is 11.7 Å². The molecule has 1 saturated heterocycles. The Kier molecular flexibility index (Phi) is 4.85. The number of β-amino-alcohol motifs (C(OH)–C–C–N with tert-alkyl or cyclic N) is 1. The lowest BCUT2D eigenvalue weighted by Crippen LogP contribution is -2.48. The molecule has 0 saturated carbocycles. The maximum atomic E-state index is 9.36. The van der Waals surface area contributed by atoms with Crippen LogP contribution in [0.15, 0.2) is 0 Å². The Morgan fingerprint density at radius 1 is 1.57 bits per heavy atom. The van der Waals surface area contributed by atoms with Crippen molar-refractivity contribution in [3.05, 3.63) is 0 Å². The minimum Gasteiger partial charge on any atom is -0.392 e. The first kappa shape index (κ1) is 12.0. The van der Waals surface area contributed by atoms with Crippen LogP contribution >= 0.6 is 0 Å². The Labute approximate surface area is 87.3 Å². The predicted molar refractivity (Wildman–Crippen MR) is 59.1 cm³/mol. The van der Waals surface area contributed by atoms with E-state index in [2.05, 4.69) is 11.8 Å². The van der Waals surface area contributed by atoms with Gasteiger partial charge in [0, 0.05) is 19.1 Å². The minimum absolute atomic E-state index is 0.234. The van der Waals surface area contributed by atoms with Crippen LogP contribution in [0.2, 0.25) is 0 Å². The van der Waals surface area contributed by atoms with Gasteiger partial charge in [0.1, 0.15) is 0 Å². The standard InChI is InChI=1S/C11H24N2O/c1-3-10-4-5-13(8-9(2)14)11(6-10)7-12/h9-11,14H,3-8,12H2,1-2H3/t9-,10?,11?/m0/s1. The molecule has 0 radical (unpaired) electrons. The van der Waals surface area contributed by atoms with Gasteiger partial charge in [-0.05, 0) is 32.2 Å². The monoisotopic (exact) mass is 200 g/mol. The second-order valence-electron chi connectivity index (χ2n) is 4.53. The summed E-state index contributed by atoms with van der Waals surface area (Å²) in [5, 5.41) is 9.36. The van der Waals surface area contributed by atoms with Gasteiger partial charge in [-0.2, -0.15) is 0 Å². The highest BCUT2D eigenvalue weighted by molar-refractivity contribution is 4.82. The molecule has 1 fully saturated rings. The molecule has 2 unspecified atom stereocenters. The molecule has 3 nitrogen and oxygen atoms in total. The molecular formula is C11H24N2O. The fourth-order valence-corrected chi connectivity index (χ4v) is 2.38. The molecule has 14 heavy (non-hydrogen) atoms. The molecule has 0 spiro atoms. The number of hydrogen-bond donors (Lipinski definition) is 2. The summed E-state index contributed by atoms with van der Waals surface area (Å²) in [5.41, 5.74) is 5.76. The molecule has 0 aromatic carbocycles. The lowest BCUT2D eigenvalue weighted by molar-refractivity contribution is 0.0609. The van der Waals surface area contributed by atoms with Crippen molar-refractivity contribution in [1.29, 1.82) is 0 Å². The van der Waals surface area contributed by atoms with Gasteiger partial charge in [0.15, 0.2) is 0 Å². The Morgan fingerprint density at radius 3 is 2.79 bits per heavy atom. The minimum atomic E-state index is -0.234. The van der Waals surface area contributed by atoms with Crippen LogP contribution < -0.4 is 5.73 Å². The molecule has 3 N–H and O–H groups in total. The van der Waals surface area contributed by atoms with Gasteiger partial charge < -0.3 is 10.8 Å². The lowest BCUT2D eigenvalue weighted by atomic mass is 9.89. The van der Waals surface area contributed by atoms with Gasteiger partial charge in [-0.3, -0.25) is 4.90 Å². The molecule has 1 aliphatic heterocycles. The first-order valence-corrected chi connectivity index (χ1v) is 5.79. The van der Waals surface area contributed by atoms with Crippen LogP contribution in [0.5, 0.6) is 0 Å². The van der Waals surface area contributed by atoms with E-state index in [0.717, 1.165) is 25.6 Å². The number of nitrogens with zero attached hydrogens (tertiary/aromatic N) is 1. The molecular weight excluding hydrogens is 176 g/mol. The number of nitrogens with two attached hydrogens (primary N) is 1. The molecule has 1 heterocycles. The average Bonchev–Trinajstić information content (AvgIpc) is 2.17. The van der Waals surface area contributed by atoms with Crippen LogP contribution in [0.1, 0.15) is 33.1 Å². The van der Waals surface area contributed by atoms with E-state index in [1.807, 2.05) is 6.92 Å². The SMILES string of the molecule is CCC1CCN(C[C@H](C)O)C(CN)C1. The highest BCUT2D eigenvalue weighted by atomic mass is 16.3. The van der Waals surface area contributed by atoms with Crippen LogP contribution in [-0.4, -0.2) is 41.8 Å². The molecule has 0 aromatic rings. The largest absolute Gasteiger partial charge is 0.392 e. The van der Waals surface area contributed by atoms with E-state index in [4.69, 9.17) is 5.73 Å². The fourth-order valence-electron chi connectivity index (χ4n) is 2.38. The van der Waals surface area contributed by atoms with Crippen LogP contribution in [-0.2, 0) is 0 Å². The van der Waals surface area contributed by atoms with E-state index >= 15 is 0 Å². The third kappa shape index (κ3) is 3.23. The van der Waals surface area contributed by atoms with Crippen LogP contribution in [0.4, 0.5) is 0 Å². The summed E-state index contributed by atoms with van der Waals surface area (Å²) < 4.78 is 0. The van der Waals surface area contributed by atoms with Crippen molar-refractivity contribution in [2.45, 2.75) is 45.3 Å². The van der Waals surface area contributed by atoms with Crippen molar-refractivity contribution in [1.82, 2.24) is 4.90 Å². The van der Waals surface area contributed by atoms with Gasteiger partial charge in [0.2, 0.25) is 0 Å². The molecule has 3 atom stereocenters. The molecule has 0 bridgehead atoms. The summed E-state index contributed by atoms with van der Waals surface area (Å²) in [4.78, 5) is 2.34. The smallest absolute Gasteiger partial charge is 0.0639 e. The zero-order chi connectivity index (χ0) is 10.6. The normalized spacial score (nSPS) is 31.7. The second kappa shape index (κ2) is 5.69. The van der Waals surface area contributed by atoms with Crippen molar-refractivity contribution in [3.63, 3.8) is 0 Å². The van der Waals surface area contributed by atoms with E-state index < -0.39 is 0 Å². The molecule has 0 aromatic heterocycles. The molecule has 0 aliphatic carbocycles. The van der Waals surface area contributed by atoms with Crippen molar-refractivity contribution in [3.8, 4) is 0 Å². The highest BCUT2D eigenvalue weighted by Crippen LogP contribution is 2.24. The van der Waals surface area contributed by atoms with Crippen molar-refractivity contribution in [2.75, 3.05) is 19.6 Å². The molecule has 3 heteroatoms. The summed E-state index contributed by atoms with van der Waals surface area (Å²) in [7, 11) is 0. The molecule has 0 amide bonds. The first-order valence-electron chi connectivity index (χ1n) is 5.79. The lowest BCUT2D eigenvalue weighted by Gasteiger charge is -2.39. The summed E-state index contributed by atoms with van der Waals surface area (Å²) in [6.45, 7) is 6.70. The third-order valence-corrected chi connectivity index (χ3v) is 3.29. The molecule has 1 aliphatic rings. The second-order valence-corrected chi connectivity index (χ2v) is 4.53. The van der Waals surface area contributed by atoms with Crippen LogP contribution in [0.3, 0.4) is 0 Å². The summed E-state index contributed by atoms with van der Waals surface area (Å²) in [5.74, 6) is 0.841. The molecule has 84 valence electrons. The number of likely N-dealkylation sites (tertiary alicyclic amines) is 1. The van der Waals surface area contributed by atoms with Gasteiger partial charge in [0.25, 0.3) is 0 Å². The number of piperidine rings is 1. The Balaban J connectivity index is 2.43. The van der Waals surface area contributed by atoms with Gasteiger partial charge in [-0.15, -0.1) is 0 Å². The Morgan fingerprint density at radius 2 is 2.29 bits per heavy atom. The topological polar surface area (TPSA) is 49.5 Å². The van der Waals surface area contributed by atoms with Crippen LogP contribution in [0, 0.1) is 5.92 Å². The summed E-state index contributed by atoms with van der Waals surface area (Å²) in [6.07, 6.45) is 3.50. The highest BCUT2D eigenvalue weighted by Gasteiger charge is 2.26. The maximum Gasteiger partial charge on any atom is 0.0639 e. The average molecular weight is 200 g/mol. The number of rotatable bonds is 4. The van der Waals surface area contributed by atoms with Crippen molar-refractivity contribution >= 4 is 0 Å². The van der Waals surface area contributed by atoms with E-state index in [-0.39, 0.29) is 6.10 Å². The Bertz CT molecular complexity index is 161.